The van der Waals surface area contributed by atoms with Gasteiger partial charge in [0, 0.05) is 44.8 Å². The first-order valence-corrected chi connectivity index (χ1v) is 11.9. The van der Waals surface area contributed by atoms with Gasteiger partial charge in [0.25, 0.3) is 0 Å². The number of likely N-dealkylation sites (tertiary alicyclic amines) is 1. The molecule has 2 aliphatic heterocycles. The maximum atomic E-state index is 12.7. The van der Waals surface area contributed by atoms with E-state index >= 15 is 0 Å². The number of para-hydroxylation sites is 1. The van der Waals surface area contributed by atoms with Gasteiger partial charge in [-0.25, -0.2) is 0 Å². The summed E-state index contributed by atoms with van der Waals surface area (Å²) in [5.41, 5.74) is 1.95. The highest BCUT2D eigenvalue weighted by atomic mass is 16.2. The van der Waals surface area contributed by atoms with E-state index in [9.17, 15) is 19.2 Å². The molecule has 0 spiro atoms. The van der Waals surface area contributed by atoms with Crippen LogP contribution in [-0.4, -0.2) is 77.6 Å². The minimum atomic E-state index is -0.253. The maximum Gasteiger partial charge on any atom is 0.238 e. The van der Waals surface area contributed by atoms with Crippen LogP contribution in [0.4, 0.5) is 5.69 Å². The molecular formula is C25H32N4O4. The summed E-state index contributed by atoms with van der Waals surface area (Å²) in [5.74, 6) is -0.888. The average molecular weight is 453 g/mol. The summed E-state index contributed by atoms with van der Waals surface area (Å²) < 4.78 is 0. The number of hydrogen-bond donors (Lipinski definition) is 1. The number of benzene rings is 1. The van der Waals surface area contributed by atoms with Gasteiger partial charge in [-0.2, -0.15) is 0 Å². The van der Waals surface area contributed by atoms with Crippen LogP contribution in [-0.2, 0) is 25.6 Å². The van der Waals surface area contributed by atoms with E-state index in [1.165, 1.54) is 4.90 Å². The van der Waals surface area contributed by atoms with Crippen LogP contribution in [0.1, 0.15) is 31.7 Å². The van der Waals surface area contributed by atoms with Gasteiger partial charge in [-0.05, 0) is 30.9 Å². The molecule has 2 atom stereocenters. The Morgan fingerprint density at radius 1 is 0.970 bits per heavy atom. The minimum absolute atomic E-state index is 0.0513. The van der Waals surface area contributed by atoms with Crippen molar-refractivity contribution < 1.29 is 19.2 Å². The van der Waals surface area contributed by atoms with Gasteiger partial charge in [-0.1, -0.05) is 37.3 Å². The molecule has 0 saturated carbocycles. The fraction of sp³-hybridized carbons (Fsp3) is 0.520. The number of carbonyl (C=O) groups excluding carboxylic acids is 4. The molecular weight excluding hydrogens is 420 g/mol. The van der Waals surface area contributed by atoms with Crippen LogP contribution in [0.2, 0.25) is 0 Å². The average Bonchev–Trinajstić information content (AvgIpc) is 3.08. The Balaban J connectivity index is 1.20. The molecule has 4 rings (SSSR count). The Kier molecular flexibility index (Phi) is 7.23. The molecule has 2 heterocycles. The van der Waals surface area contributed by atoms with Gasteiger partial charge in [0.1, 0.15) is 0 Å². The van der Waals surface area contributed by atoms with Gasteiger partial charge in [0.05, 0.1) is 18.4 Å². The van der Waals surface area contributed by atoms with Crippen LogP contribution in [0, 0.1) is 11.8 Å². The highest BCUT2D eigenvalue weighted by Gasteiger charge is 2.47. The highest BCUT2D eigenvalue weighted by molar-refractivity contribution is 6.05. The van der Waals surface area contributed by atoms with Crippen LogP contribution in [0.25, 0.3) is 0 Å². The van der Waals surface area contributed by atoms with Gasteiger partial charge in [0.2, 0.25) is 23.6 Å². The number of fused-ring (bicyclic) bond motifs is 1. The van der Waals surface area contributed by atoms with E-state index < -0.39 is 0 Å². The zero-order valence-electron chi connectivity index (χ0n) is 19.2. The SMILES string of the molecule is CCc1ccccc1NC(=O)CN1CCN(C(=O)CCN2C(=O)[C@H]3CC=CC[C@H]3C2=O)CC1. The second-order valence-electron chi connectivity index (χ2n) is 8.95. The second-order valence-corrected chi connectivity index (χ2v) is 8.95. The Morgan fingerprint density at radius 3 is 2.24 bits per heavy atom. The molecule has 0 unspecified atom stereocenters. The van der Waals surface area contributed by atoms with Crippen LogP contribution in [0.3, 0.4) is 0 Å². The molecule has 0 radical (unpaired) electrons. The van der Waals surface area contributed by atoms with Crippen molar-refractivity contribution in [1.82, 2.24) is 14.7 Å². The number of carbonyl (C=O) groups is 4. The largest absolute Gasteiger partial charge is 0.340 e. The zero-order valence-corrected chi connectivity index (χ0v) is 19.2. The normalized spacial score (nSPS) is 23.1. The third-order valence-electron chi connectivity index (χ3n) is 6.91. The van der Waals surface area contributed by atoms with Crippen LogP contribution >= 0.6 is 0 Å². The van der Waals surface area contributed by atoms with Crippen LogP contribution in [0.5, 0.6) is 0 Å². The molecule has 0 bridgehead atoms. The lowest BCUT2D eigenvalue weighted by atomic mass is 9.85. The number of aryl methyl sites for hydroxylation is 1. The smallest absolute Gasteiger partial charge is 0.238 e. The number of hydrogen-bond acceptors (Lipinski definition) is 5. The van der Waals surface area contributed by atoms with Gasteiger partial charge < -0.3 is 10.2 Å². The standard InChI is InChI=1S/C25H32N4O4/c1-2-18-7-3-6-10-21(18)26-22(30)17-27-13-15-28(16-14-27)23(31)11-12-29-24(32)19-8-4-5-9-20(19)25(29)33/h3-7,10,19-20H,2,8-9,11-17H2,1H3,(H,26,30)/t19-,20+. The summed E-state index contributed by atoms with van der Waals surface area (Å²) in [6.45, 7) is 4.80. The van der Waals surface area contributed by atoms with Crippen molar-refractivity contribution in [3.63, 3.8) is 0 Å². The summed E-state index contributed by atoms with van der Waals surface area (Å²) in [5, 5.41) is 2.99. The fourth-order valence-electron chi connectivity index (χ4n) is 4.95. The topological polar surface area (TPSA) is 90.0 Å². The lowest BCUT2D eigenvalue weighted by Gasteiger charge is -2.34. The number of imide groups is 1. The van der Waals surface area contributed by atoms with E-state index in [1.807, 2.05) is 41.3 Å². The Labute approximate surface area is 194 Å². The van der Waals surface area contributed by atoms with Crippen molar-refractivity contribution in [2.24, 2.45) is 11.8 Å². The van der Waals surface area contributed by atoms with Crippen molar-refractivity contribution in [2.45, 2.75) is 32.6 Å². The van der Waals surface area contributed by atoms with Gasteiger partial charge in [-0.15, -0.1) is 0 Å². The lowest BCUT2D eigenvalue weighted by molar-refractivity contribution is -0.141. The number of piperazine rings is 1. The van der Waals surface area contributed by atoms with Crippen molar-refractivity contribution in [3.8, 4) is 0 Å². The number of nitrogens with zero attached hydrogens (tertiary/aromatic N) is 3. The molecule has 8 nitrogen and oxygen atoms in total. The van der Waals surface area contributed by atoms with Crippen molar-refractivity contribution in [2.75, 3.05) is 44.6 Å². The second kappa shape index (κ2) is 10.3. The van der Waals surface area contributed by atoms with E-state index in [0.29, 0.717) is 39.0 Å². The lowest BCUT2D eigenvalue weighted by Crippen LogP contribution is -2.51. The van der Waals surface area contributed by atoms with Crippen molar-refractivity contribution in [3.05, 3.63) is 42.0 Å². The molecule has 4 amide bonds. The first-order chi connectivity index (χ1) is 16.0. The van der Waals surface area contributed by atoms with Crippen molar-refractivity contribution in [1.29, 1.82) is 0 Å². The van der Waals surface area contributed by atoms with Crippen LogP contribution in [0.15, 0.2) is 36.4 Å². The third-order valence-corrected chi connectivity index (χ3v) is 6.91. The predicted octanol–water partition coefficient (Wildman–Crippen LogP) is 1.67. The van der Waals surface area contributed by atoms with Gasteiger partial charge >= 0.3 is 0 Å². The van der Waals surface area contributed by atoms with Gasteiger partial charge in [-0.3, -0.25) is 29.0 Å². The number of nitrogens with one attached hydrogen (secondary N) is 1. The zero-order chi connectivity index (χ0) is 23.4. The number of allylic oxidation sites excluding steroid dienone is 2. The quantitative estimate of drug-likeness (QED) is 0.502. The molecule has 176 valence electrons. The van der Waals surface area contributed by atoms with Crippen molar-refractivity contribution >= 4 is 29.3 Å². The molecule has 1 aliphatic carbocycles. The molecule has 1 N–H and O–H groups in total. The molecule has 33 heavy (non-hydrogen) atoms. The van der Waals surface area contributed by atoms with Gasteiger partial charge in [0.15, 0.2) is 0 Å². The van der Waals surface area contributed by atoms with E-state index in [0.717, 1.165) is 17.7 Å². The predicted molar refractivity (Wildman–Crippen MR) is 124 cm³/mol. The fourth-order valence-corrected chi connectivity index (χ4v) is 4.95. The monoisotopic (exact) mass is 452 g/mol. The highest BCUT2D eigenvalue weighted by Crippen LogP contribution is 2.35. The minimum Gasteiger partial charge on any atom is -0.340 e. The molecule has 1 aromatic carbocycles. The van der Waals surface area contributed by atoms with Crippen LogP contribution < -0.4 is 5.32 Å². The number of anilines is 1. The summed E-state index contributed by atoms with van der Waals surface area (Å²) in [7, 11) is 0. The van der Waals surface area contributed by atoms with E-state index in [4.69, 9.17) is 0 Å². The van der Waals surface area contributed by atoms with E-state index in [1.54, 1.807) is 4.90 Å². The summed E-state index contributed by atoms with van der Waals surface area (Å²) >= 11 is 0. The Bertz CT molecular complexity index is 925. The molecule has 3 aliphatic rings. The summed E-state index contributed by atoms with van der Waals surface area (Å²) in [6, 6.07) is 7.79. The summed E-state index contributed by atoms with van der Waals surface area (Å²) in [4.78, 5) is 55.4. The molecule has 2 fully saturated rings. The first kappa shape index (κ1) is 23.2. The third kappa shape index (κ3) is 5.16. The molecule has 0 aromatic heterocycles. The first-order valence-electron chi connectivity index (χ1n) is 11.9. The van der Waals surface area contributed by atoms with E-state index in [-0.39, 0.29) is 55.0 Å². The Hall–Kier alpha value is -3.00. The number of amides is 4. The number of rotatable bonds is 7. The van der Waals surface area contributed by atoms with E-state index in [2.05, 4.69) is 12.2 Å². The Morgan fingerprint density at radius 2 is 1.61 bits per heavy atom. The molecule has 1 aromatic rings. The maximum absolute atomic E-state index is 12.7. The molecule has 2 saturated heterocycles. The molecule has 8 heteroatoms. The summed E-state index contributed by atoms with van der Waals surface area (Å²) in [6.07, 6.45) is 6.15.